The summed E-state index contributed by atoms with van der Waals surface area (Å²) in [6.45, 7) is 2.73. The fourth-order valence-corrected chi connectivity index (χ4v) is 4.52. The first-order chi connectivity index (χ1) is 12.5. The van der Waals surface area contributed by atoms with E-state index < -0.39 is 0 Å². The number of anilines is 1. The molecule has 3 N–H and O–H groups in total. The van der Waals surface area contributed by atoms with Crippen molar-refractivity contribution >= 4 is 45.9 Å². The molecule has 3 aromatic heterocycles. The van der Waals surface area contributed by atoms with E-state index in [0.717, 1.165) is 35.4 Å². The lowest BCUT2D eigenvalue weighted by atomic mass is 10.0. The van der Waals surface area contributed by atoms with Gasteiger partial charge in [0.05, 0.1) is 6.54 Å². The minimum atomic E-state index is 0.113. The standard InChI is InChI=1S/C18H21Cl2N5S/c1-10-14(8-12(21)7-11-4-5-11)16(19)25-15(10)17(23-18(20)24-25)22-9-13-3-2-6-26-13/h2-3,6,11-12H,4-5,7-9,21H2,1H3,(H,22,23,24)/t12-/m0/s1. The van der Waals surface area contributed by atoms with Gasteiger partial charge in [-0.1, -0.05) is 30.5 Å². The lowest BCUT2D eigenvalue weighted by Crippen LogP contribution is -2.23. The van der Waals surface area contributed by atoms with Gasteiger partial charge in [0.2, 0.25) is 5.28 Å². The summed E-state index contributed by atoms with van der Waals surface area (Å²) in [4.78, 5) is 5.61. The third kappa shape index (κ3) is 3.69. The zero-order valence-electron chi connectivity index (χ0n) is 14.5. The van der Waals surface area contributed by atoms with Gasteiger partial charge in [-0.25, -0.2) is 4.52 Å². The second-order valence-electron chi connectivity index (χ2n) is 6.96. The largest absolute Gasteiger partial charge is 0.363 e. The highest BCUT2D eigenvalue weighted by Crippen LogP contribution is 2.36. The highest BCUT2D eigenvalue weighted by molar-refractivity contribution is 7.09. The molecule has 0 aliphatic heterocycles. The van der Waals surface area contributed by atoms with E-state index in [1.165, 1.54) is 17.7 Å². The van der Waals surface area contributed by atoms with Crippen molar-refractivity contribution < 1.29 is 0 Å². The van der Waals surface area contributed by atoms with Gasteiger partial charge in [0.25, 0.3) is 0 Å². The van der Waals surface area contributed by atoms with E-state index in [1.54, 1.807) is 15.9 Å². The molecule has 3 aromatic rings. The molecule has 0 bridgehead atoms. The second kappa shape index (κ2) is 7.35. The molecule has 8 heteroatoms. The molecule has 1 aliphatic carbocycles. The average molecular weight is 410 g/mol. The van der Waals surface area contributed by atoms with Gasteiger partial charge < -0.3 is 11.1 Å². The van der Waals surface area contributed by atoms with Crippen LogP contribution in [0.15, 0.2) is 17.5 Å². The van der Waals surface area contributed by atoms with Gasteiger partial charge in [-0.15, -0.1) is 16.4 Å². The Morgan fingerprint density at radius 2 is 2.23 bits per heavy atom. The zero-order valence-corrected chi connectivity index (χ0v) is 16.8. The predicted octanol–water partition coefficient (Wildman–Crippen LogP) is 4.69. The average Bonchev–Trinajstić information content (AvgIpc) is 3.19. The number of rotatable bonds is 7. The van der Waals surface area contributed by atoms with Crippen LogP contribution in [0.25, 0.3) is 5.52 Å². The van der Waals surface area contributed by atoms with Crippen molar-refractivity contribution in [3.8, 4) is 0 Å². The number of hydrogen-bond donors (Lipinski definition) is 2. The Bertz CT molecular complexity index is 918. The maximum atomic E-state index is 6.64. The number of aromatic nitrogens is 3. The number of fused-ring (bicyclic) bond motifs is 1. The van der Waals surface area contributed by atoms with Crippen molar-refractivity contribution in [1.82, 2.24) is 14.6 Å². The van der Waals surface area contributed by atoms with Crippen LogP contribution < -0.4 is 11.1 Å². The van der Waals surface area contributed by atoms with Crippen LogP contribution in [-0.4, -0.2) is 20.6 Å². The minimum absolute atomic E-state index is 0.113. The number of aryl methyl sites for hydroxylation is 1. The molecule has 138 valence electrons. The van der Waals surface area contributed by atoms with E-state index in [0.29, 0.717) is 17.5 Å². The summed E-state index contributed by atoms with van der Waals surface area (Å²) in [5.74, 6) is 1.48. The summed E-state index contributed by atoms with van der Waals surface area (Å²) < 4.78 is 1.68. The number of halogens is 2. The van der Waals surface area contributed by atoms with Gasteiger partial charge in [0.15, 0.2) is 5.82 Å². The number of hydrogen-bond acceptors (Lipinski definition) is 5. The fourth-order valence-electron chi connectivity index (χ4n) is 3.38. The molecule has 0 spiro atoms. The van der Waals surface area contributed by atoms with Crippen LogP contribution in [0.4, 0.5) is 5.82 Å². The molecule has 0 aromatic carbocycles. The summed E-state index contributed by atoms with van der Waals surface area (Å²) in [6.07, 6.45) is 4.40. The molecule has 4 rings (SSSR count). The number of nitrogens with one attached hydrogen (secondary N) is 1. The Morgan fingerprint density at radius 1 is 1.42 bits per heavy atom. The Morgan fingerprint density at radius 3 is 2.92 bits per heavy atom. The van der Waals surface area contributed by atoms with Gasteiger partial charge in [0.1, 0.15) is 10.7 Å². The first kappa shape index (κ1) is 18.0. The minimum Gasteiger partial charge on any atom is -0.363 e. The predicted molar refractivity (Wildman–Crippen MR) is 108 cm³/mol. The van der Waals surface area contributed by atoms with Gasteiger partial charge in [-0.05, 0) is 59.9 Å². The van der Waals surface area contributed by atoms with Gasteiger partial charge in [0, 0.05) is 10.9 Å². The SMILES string of the molecule is Cc1c(C[C@@H](N)CC2CC2)c(Cl)n2nc(Cl)nc(NCc3cccs3)c12. The van der Waals surface area contributed by atoms with E-state index in [2.05, 4.69) is 26.8 Å². The topological polar surface area (TPSA) is 68.2 Å². The molecule has 1 saturated carbocycles. The van der Waals surface area contributed by atoms with Crippen LogP contribution in [0.1, 0.15) is 35.3 Å². The monoisotopic (exact) mass is 409 g/mol. The molecule has 1 aliphatic rings. The first-order valence-corrected chi connectivity index (χ1v) is 10.4. The van der Waals surface area contributed by atoms with Gasteiger partial charge in [-0.3, -0.25) is 0 Å². The van der Waals surface area contributed by atoms with E-state index in [9.17, 15) is 0 Å². The zero-order chi connectivity index (χ0) is 18.3. The molecule has 1 fully saturated rings. The summed E-state index contributed by atoms with van der Waals surface area (Å²) >= 11 is 14.5. The molecule has 1 atom stereocenters. The second-order valence-corrected chi connectivity index (χ2v) is 8.69. The van der Waals surface area contributed by atoms with Gasteiger partial charge >= 0.3 is 0 Å². The van der Waals surface area contributed by atoms with Crippen molar-refractivity contribution in [2.24, 2.45) is 11.7 Å². The summed E-state index contributed by atoms with van der Waals surface area (Å²) in [5, 5.41) is 10.5. The van der Waals surface area contributed by atoms with E-state index in [1.807, 2.05) is 13.0 Å². The highest BCUT2D eigenvalue weighted by atomic mass is 35.5. The molecular weight excluding hydrogens is 389 g/mol. The summed E-state index contributed by atoms with van der Waals surface area (Å²) in [5.41, 5.74) is 9.32. The normalized spacial score (nSPS) is 15.5. The van der Waals surface area contributed by atoms with Crippen LogP contribution in [0, 0.1) is 12.8 Å². The summed E-state index contributed by atoms with van der Waals surface area (Å²) in [7, 11) is 0. The first-order valence-electron chi connectivity index (χ1n) is 8.78. The Balaban J connectivity index is 1.66. The van der Waals surface area contributed by atoms with Crippen molar-refractivity contribution in [2.45, 2.75) is 45.2 Å². The molecular formula is C18H21Cl2N5S. The molecule has 3 heterocycles. The van der Waals surface area contributed by atoms with Crippen LogP contribution in [0.5, 0.6) is 0 Å². The molecule has 0 unspecified atom stereocenters. The number of thiophene rings is 1. The van der Waals surface area contributed by atoms with E-state index in [-0.39, 0.29) is 11.3 Å². The smallest absolute Gasteiger partial charge is 0.243 e. The molecule has 26 heavy (non-hydrogen) atoms. The highest BCUT2D eigenvalue weighted by Gasteiger charge is 2.26. The van der Waals surface area contributed by atoms with Crippen LogP contribution in [-0.2, 0) is 13.0 Å². The Labute approximate surface area is 166 Å². The van der Waals surface area contributed by atoms with Crippen LogP contribution in [0.3, 0.4) is 0 Å². The number of nitrogens with two attached hydrogens (primary N) is 1. The molecule has 0 saturated heterocycles. The van der Waals surface area contributed by atoms with Crippen LogP contribution in [0.2, 0.25) is 10.4 Å². The molecule has 0 amide bonds. The Hall–Kier alpha value is -1.34. The third-order valence-electron chi connectivity index (χ3n) is 4.88. The maximum Gasteiger partial charge on any atom is 0.243 e. The lowest BCUT2D eigenvalue weighted by molar-refractivity contribution is 0.565. The lowest BCUT2D eigenvalue weighted by Gasteiger charge is -2.11. The molecule has 5 nitrogen and oxygen atoms in total. The fraction of sp³-hybridized carbons (Fsp3) is 0.444. The molecule has 0 radical (unpaired) electrons. The van der Waals surface area contributed by atoms with Crippen LogP contribution >= 0.6 is 34.5 Å². The number of nitrogens with zero attached hydrogens (tertiary/aromatic N) is 3. The van der Waals surface area contributed by atoms with Crippen molar-refractivity contribution in [3.05, 3.63) is 44.0 Å². The summed E-state index contributed by atoms with van der Waals surface area (Å²) in [6, 6.07) is 4.23. The van der Waals surface area contributed by atoms with Crippen molar-refractivity contribution in [1.29, 1.82) is 0 Å². The Kier molecular flexibility index (Phi) is 5.10. The van der Waals surface area contributed by atoms with Crippen molar-refractivity contribution in [3.63, 3.8) is 0 Å². The van der Waals surface area contributed by atoms with E-state index in [4.69, 9.17) is 28.9 Å². The quantitative estimate of drug-likeness (QED) is 0.593. The van der Waals surface area contributed by atoms with Crippen molar-refractivity contribution in [2.75, 3.05) is 5.32 Å². The van der Waals surface area contributed by atoms with E-state index >= 15 is 0 Å². The third-order valence-corrected chi connectivity index (χ3v) is 6.30. The maximum absolute atomic E-state index is 6.64. The van der Waals surface area contributed by atoms with Gasteiger partial charge in [-0.2, -0.15) is 4.98 Å².